The Bertz CT molecular complexity index is 449. The topological polar surface area (TPSA) is 96.3 Å². The predicted octanol–water partition coefficient (Wildman–Crippen LogP) is 0.308. The largest absolute Gasteiger partial charge is 0.477 e. The highest BCUT2D eigenvalue weighted by atomic mass is 16.4. The first kappa shape index (κ1) is 16.1. The summed E-state index contributed by atoms with van der Waals surface area (Å²) in [6.45, 7) is 1.48. The molecule has 0 aliphatic carbocycles. The number of amides is 1. The molecule has 0 unspecified atom stereocenters. The summed E-state index contributed by atoms with van der Waals surface area (Å²) in [6.07, 6.45) is 7.22. The van der Waals surface area contributed by atoms with Gasteiger partial charge in [-0.1, -0.05) is 12.8 Å². The zero-order valence-corrected chi connectivity index (χ0v) is 11.5. The third-order valence-corrected chi connectivity index (χ3v) is 2.88. The Hall–Kier alpha value is -1.95. The van der Waals surface area contributed by atoms with Crippen LogP contribution in [0.3, 0.4) is 0 Å². The first-order valence-electron chi connectivity index (χ1n) is 6.82. The average molecular weight is 280 g/mol. The summed E-state index contributed by atoms with van der Waals surface area (Å²) in [5.74, 6) is -1.11. The molecule has 0 saturated heterocycles. The van der Waals surface area contributed by atoms with Crippen molar-refractivity contribution in [2.45, 2.75) is 32.2 Å². The van der Waals surface area contributed by atoms with Gasteiger partial charge in [0.15, 0.2) is 12.4 Å². The third kappa shape index (κ3) is 6.29. The van der Waals surface area contributed by atoms with Crippen LogP contribution < -0.4 is 15.6 Å². The summed E-state index contributed by atoms with van der Waals surface area (Å²) < 4.78 is 1.56. The Morgan fingerprint density at radius 3 is 2.70 bits per heavy atom. The first-order valence-corrected chi connectivity index (χ1v) is 6.82. The van der Waals surface area contributed by atoms with E-state index in [1.54, 1.807) is 16.8 Å². The van der Waals surface area contributed by atoms with E-state index in [-0.39, 0.29) is 18.0 Å². The van der Waals surface area contributed by atoms with Crippen molar-refractivity contribution in [3.05, 3.63) is 30.1 Å². The Balaban J connectivity index is 2.28. The number of aromatic carboxylic acids is 1. The normalized spacial score (nSPS) is 10.2. The maximum absolute atomic E-state index is 11.7. The number of nitrogens with one attached hydrogen (secondary N) is 1. The van der Waals surface area contributed by atoms with Gasteiger partial charge < -0.3 is 16.2 Å². The zero-order valence-electron chi connectivity index (χ0n) is 11.5. The first-order chi connectivity index (χ1) is 9.63. The molecule has 0 aliphatic rings. The molecular weight excluding hydrogens is 258 g/mol. The molecule has 1 heterocycles. The van der Waals surface area contributed by atoms with Gasteiger partial charge in [-0.25, -0.2) is 4.79 Å². The Labute approximate surface area is 118 Å². The summed E-state index contributed by atoms with van der Waals surface area (Å²) in [7, 11) is 0. The van der Waals surface area contributed by atoms with Crippen molar-refractivity contribution < 1.29 is 19.3 Å². The molecular formula is C14H22N3O3+. The molecule has 4 N–H and O–H groups in total. The van der Waals surface area contributed by atoms with Gasteiger partial charge in [-0.05, 0) is 25.5 Å². The minimum atomic E-state index is -1.00. The van der Waals surface area contributed by atoms with Crippen LogP contribution in [0.2, 0.25) is 0 Å². The van der Waals surface area contributed by atoms with Gasteiger partial charge in [0, 0.05) is 12.6 Å². The van der Waals surface area contributed by atoms with Crippen molar-refractivity contribution in [2.24, 2.45) is 5.73 Å². The second-order valence-electron chi connectivity index (χ2n) is 4.62. The minimum absolute atomic E-state index is 0.114. The summed E-state index contributed by atoms with van der Waals surface area (Å²) in [5, 5.41) is 11.7. The van der Waals surface area contributed by atoms with Crippen LogP contribution in [0.4, 0.5) is 0 Å². The second kappa shape index (κ2) is 9.03. The molecule has 0 saturated carbocycles. The molecule has 20 heavy (non-hydrogen) atoms. The second-order valence-corrected chi connectivity index (χ2v) is 4.62. The van der Waals surface area contributed by atoms with E-state index in [0.717, 1.165) is 25.7 Å². The van der Waals surface area contributed by atoms with Crippen LogP contribution in [0.5, 0.6) is 0 Å². The minimum Gasteiger partial charge on any atom is -0.477 e. The highest BCUT2D eigenvalue weighted by Crippen LogP contribution is 1.97. The van der Waals surface area contributed by atoms with Crippen LogP contribution in [0.25, 0.3) is 0 Å². The number of nitrogens with two attached hydrogens (primary N) is 1. The van der Waals surface area contributed by atoms with Crippen molar-refractivity contribution in [2.75, 3.05) is 13.1 Å². The quantitative estimate of drug-likeness (QED) is 0.448. The molecule has 0 bridgehead atoms. The standard InChI is InChI=1S/C14H21N3O3/c15-7-3-1-2-4-8-16-13(18)11-17-9-5-6-12(10-17)14(19)20/h5-6,9-10H,1-4,7-8,11,15H2,(H-,16,18,19,20)/p+1. The SMILES string of the molecule is NCCCCCCNC(=O)C[n+]1cccc(C(=O)O)c1. The number of hydrogen-bond donors (Lipinski definition) is 3. The molecule has 0 spiro atoms. The molecule has 1 aromatic rings. The number of carbonyl (C=O) groups is 2. The summed E-state index contributed by atoms with van der Waals surface area (Å²) in [5.41, 5.74) is 5.57. The molecule has 6 nitrogen and oxygen atoms in total. The summed E-state index contributed by atoms with van der Waals surface area (Å²) in [6, 6.07) is 3.11. The number of unbranched alkanes of at least 4 members (excludes halogenated alkanes) is 3. The third-order valence-electron chi connectivity index (χ3n) is 2.88. The van der Waals surface area contributed by atoms with Gasteiger partial charge in [-0.3, -0.25) is 4.79 Å². The van der Waals surface area contributed by atoms with E-state index >= 15 is 0 Å². The van der Waals surface area contributed by atoms with Crippen LogP contribution in [0.1, 0.15) is 36.0 Å². The van der Waals surface area contributed by atoms with Crippen molar-refractivity contribution in [1.82, 2.24) is 5.32 Å². The Morgan fingerprint density at radius 2 is 2.00 bits per heavy atom. The highest BCUT2D eigenvalue weighted by molar-refractivity contribution is 5.86. The van der Waals surface area contributed by atoms with Gasteiger partial charge in [0.25, 0.3) is 5.91 Å². The lowest BCUT2D eigenvalue weighted by molar-refractivity contribution is -0.684. The van der Waals surface area contributed by atoms with E-state index in [9.17, 15) is 9.59 Å². The van der Waals surface area contributed by atoms with E-state index in [0.29, 0.717) is 13.1 Å². The summed E-state index contributed by atoms with van der Waals surface area (Å²) in [4.78, 5) is 22.5. The lowest BCUT2D eigenvalue weighted by Crippen LogP contribution is -2.43. The van der Waals surface area contributed by atoms with Crippen LogP contribution in [0.15, 0.2) is 24.5 Å². The van der Waals surface area contributed by atoms with Crippen molar-refractivity contribution >= 4 is 11.9 Å². The summed E-state index contributed by atoms with van der Waals surface area (Å²) >= 11 is 0. The molecule has 0 radical (unpaired) electrons. The fraction of sp³-hybridized carbons (Fsp3) is 0.500. The molecule has 1 aromatic heterocycles. The Kier molecular flexibility index (Phi) is 7.27. The number of carboxylic acids is 1. The van der Waals surface area contributed by atoms with Crippen molar-refractivity contribution in [3.63, 3.8) is 0 Å². The molecule has 110 valence electrons. The molecule has 6 heteroatoms. The van der Waals surface area contributed by atoms with Crippen molar-refractivity contribution in [3.8, 4) is 0 Å². The monoisotopic (exact) mass is 280 g/mol. The highest BCUT2D eigenvalue weighted by Gasteiger charge is 2.12. The molecule has 0 fully saturated rings. The van der Waals surface area contributed by atoms with E-state index < -0.39 is 5.97 Å². The number of nitrogens with zero attached hydrogens (tertiary/aromatic N) is 1. The van der Waals surface area contributed by atoms with Crippen LogP contribution in [0, 0.1) is 0 Å². The van der Waals surface area contributed by atoms with Gasteiger partial charge in [-0.15, -0.1) is 0 Å². The van der Waals surface area contributed by atoms with Gasteiger partial charge >= 0.3 is 5.97 Å². The van der Waals surface area contributed by atoms with Gasteiger partial charge in [-0.2, -0.15) is 4.57 Å². The number of rotatable bonds is 9. The average Bonchev–Trinajstić information content (AvgIpc) is 2.43. The van der Waals surface area contributed by atoms with E-state index in [4.69, 9.17) is 10.8 Å². The zero-order chi connectivity index (χ0) is 14.8. The number of carbonyl (C=O) groups excluding carboxylic acids is 1. The fourth-order valence-corrected chi connectivity index (χ4v) is 1.82. The Morgan fingerprint density at radius 1 is 1.25 bits per heavy atom. The smallest absolute Gasteiger partial charge is 0.341 e. The van der Waals surface area contributed by atoms with Gasteiger partial charge in [0.2, 0.25) is 6.54 Å². The molecule has 1 amide bonds. The maximum atomic E-state index is 11.7. The number of aromatic nitrogens is 1. The number of pyridine rings is 1. The van der Waals surface area contributed by atoms with E-state index in [1.807, 2.05) is 0 Å². The lowest BCUT2D eigenvalue weighted by atomic mass is 10.2. The van der Waals surface area contributed by atoms with Crippen LogP contribution >= 0.6 is 0 Å². The van der Waals surface area contributed by atoms with Gasteiger partial charge in [0.1, 0.15) is 5.56 Å². The molecule has 0 aliphatic heterocycles. The molecule has 0 aromatic carbocycles. The molecule has 0 atom stereocenters. The van der Waals surface area contributed by atoms with Crippen LogP contribution in [-0.4, -0.2) is 30.1 Å². The van der Waals surface area contributed by atoms with E-state index in [2.05, 4.69) is 5.32 Å². The predicted molar refractivity (Wildman–Crippen MR) is 74.1 cm³/mol. The number of carboxylic acid groups (broad SMARTS) is 1. The lowest BCUT2D eigenvalue weighted by Gasteiger charge is -2.03. The number of hydrogen-bond acceptors (Lipinski definition) is 3. The van der Waals surface area contributed by atoms with E-state index in [1.165, 1.54) is 12.3 Å². The fourth-order valence-electron chi connectivity index (χ4n) is 1.82. The molecule has 1 rings (SSSR count). The van der Waals surface area contributed by atoms with Gasteiger partial charge in [0.05, 0.1) is 0 Å². The van der Waals surface area contributed by atoms with Crippen molar-refractivity contribution in [1.29, 1.82) is 0 Å². The maximum Gasteiger partial charge on any atom is 0.341 e. The van der Waals surface area contributed by atoms with Crippen LogP contribution in [-0.2, 0) is 11.3 Å².